The summed E-state index contributed by atoms with van der Waals surface area (Å²) in [5.74, 6) is 0.562. The van der Waals surface area contributed by atoms with Crippen molar-refractivity contribution in [1.29, 1.82) is 0 Å². The van der Waals surface area contributed by atoms with Crippen molar-refractivity contribution in [3.8, 4) is 10.4 Å². The van der Waals surface area contributed by atoms with E-state index >= 15 is 0 Å². The molecule has 0 nitrogen and oxygen atoms in total. The van der Waals surface area contributed by atoms with Crippen molar-refractivity contribution < 1.29 is 0 Å². The number of thiophene rings is 2. The fourth-order valence-corrected chi connectivity index (χ4v) is 5.28. The Kier molecular flexibility index (Phi) is 3.61. The minimum atomic E-state index is 0.562. The van der Waals surface area contributed by atoms with Crippen LogP contribution in [-0.2, 0) is 0 Å². The molecule has 4 aromatic rings. The van der Waals surface area contributed by atoms with Crippen molar-refractivity contribution >= 4 is 45.1 Å². The summed E-state index contributed by atoms with van der Waals surface area (Å²) in [6.45, 7) is 2.36. The van der Waals surface area contributed by atoms with Gasteiger partial charge in [0.2, 0.25) is 0 Å². The maximum Gasteiger partial charge on any atom is 0.0342 e. The Morgan fingerprint density at radius 3 is 2.40 bits per heavy atom. The molecule has 0 saturated carbocycles. The van der Waals surface area contributed by atoms with E-state index in [4.69, 9.17) is 0 Å². The van der Waals surface area contributed by atoms with E-state index in [-0.39, 0.29) is 0 Å². The van der Waals surface area contributed by atoms with Crippen molar-refractivity contribution in [1.82, 2.24) is 0 Å². The Morgan fingerprint density at radius 1 is 0.840 bits per heavy atom. The highest BCUT2D eigenvalue weighted by Gasteiger charge is 2.19. The first-order valence-electron chi connectivity index (χ1n) is 8.64. The van der Waals surface area contributed by atoms with E-state index in [1.165, 1.54) is 42.8 Å². The minimum Gasteiger partial charge on any atom is -0.144 e. The average molecular weight is 359 g/mol. The van der Waals surface area contributed by atoms with Crippen molar-refractivity contribution in [2.24, 2.45) is 0 Å². The van der Waals surface area contributed by atoms with Gasteiger partial charge >= 0.3 is 0 Å². The van der Waals surface area contributed by atoms with Gasteiger partial charge in [0.1, 0.15) is 0 Å². The summed E-state index contributed by atoms with van der Waals surface area (Å²) >= 11 is 3.65. The van der Waals surface area contributed by atoms with Crippen molar-refractivity contribution in [3.63, 3.8) is 0 Å². The number of fused-ring (bicyclic) bond motifs is 2. The fourth-order valence-electron chi connectivity index (χ4n) is 3.80. The zero-order chi connectivity index (χ0) is 16.8. The number of hydrogen-bond acceptors (Lipinski definition) is 2. The van der Waals surface area contributed by atoms with Gasteiger partial charge in [-0.05, 0) is 80.4 Å². The molecule has 0 fully saturated rings. The van der Waals surface area contributed by atoms with E-state index in [0.29, 0.717) is 5.92 Å². The molecule has 1 aliphatic carbocycles. The highest BCUT2D eigenvalue weighted by atomic mass is 32.1. The Hall–Kier alpha value is -2.16. The molecule has 122 valence electrons. The van der Waals surface area contributed by atoms with Gasteiger partial charge in [0, 0.05) is 9.75 Å². The van der Waals surface area contributed by atoms with Gasteiger partial charge in [-0.15, -0.1) is 22.7 Å². The molecule has 0 spiro atoms. The largest absolute Gasteiger partial charge is 0.144 e. The molecule has 0 radical (unpaired) electrons. The standard InChI is InChI=1S/C23H18S2/c1-15-10-20(23-5-3-9-25-23)13-19-11-16-6-7-17(22-4-2-8-24-22)12-18(16)14-21(15)19/h2-9,11-15H,10H2,1H3. The van der Waals surface area contributed by atoms with Crippen molar-refractivity contribution in [3.05, 3.63) is 81.4 Å². The molecule has 0 bridgehead atoms. The zero-order valence-electron chi connectivity index (χ0n) is 14.0. The third kappa shape index (κ3) is 2.66. The zero-order valence-corrected chi connectivity index (χ0v) is 15.7. The normalized spacial score (nSPS) is 16.7. The lowest BCUT2D eigenvalue weighted by molar-refractivity contribution is 0.786. The molecule has 5 rings (SSSR count). The highest BCUT2D eigenvalue weighted by Crippen LogP contribution is 2.41. The van der Waals surface area contributed by atoms with Crippen LogP contribution in [0.5, 0.6) is 0 Å². The molecule has 0 aliphatic heterocycles. The third-order valence-electron chi connectivity index (χ3n) is 5.07. The predicted molar refractivity (Wildman–Crippen MR) is 112 cm³/mol. The van der Waals surface area contributed by atoms with Crippen LogP contribution < -0.4 is 0 Å². The van der Waals surface area contributed by atoms with Crippen LogP contribution in [0.1, 0.15) is 35.3 Å². The van der Waals surface area contributed by atoms with Gasteiger partial charge < -0.3 is 0 Å². The van der Waals surface area contributed by atoms with E-state index < -0.39 is 0 Å². The van der Waals surface area contributed by atoms with Gasteiger partial charge in [-0.1, -0.05) is 43.3 Å². The molecule has 1 aliphatic rings. The Morgan fingerprint density at radius 2 is 1.64 bits per heavy atom. The molecule has 2 aromatic heterocycles. The Labute approximate surface area is 156 Å². The second-order valence-corrected chi connectivity index (χ2v) is 8.67. The monoisotopic (exact) mass is 358 g/mol. The molecule has 25 heavy (non-hydrogen) atoms. The molecule has 1 unspecified atom stereocenters. The average Bonchev–Trinajstić information content (AvgIpc) is 3.33. The van der Waals surface area contributed by atoms with E-state index in [1.807, 2.05) is 11.3 Å². The fraction of sp³-hybridized carbons (Fsp3) is 0.130. The molecule has 0 saturated heterocycles. The Balaban J connectivity index is 1.65. The van der Waals surface area contributed by atoms with Gasteiger partial charge in [0.25, 0.3) is 0 Å². The van der Waals surface area contributed by atoms with Crippen molar-refractivity contribution in [2.75, 3.05) is 0 Å². The molecule has 0 N–H and O–H groups in total. The lowest BCUT2D eigenvalue weighted by atomic mass is 9.82. The van der Waals surface area contributed by atoms with E-state index in [1.54, 1.807) is 11.3 Å². The first-order valence-corrected chi connectivity index (χ1v) is 10.4. The van der Waals surface area contributed by atoms with E-state index in [9.17, 15) is 0 Å². The second-order valence-electron chi connectivity index (χ2n) is 6.77. The summed E-state index contributed by atoms with van der Waals surface area (Å²) in [4.78, 5) is 2.75. The molecule has 0 amide bonds. The van der Waals surface area contributed by atoms with Crippen LogP contribution in [0.15, 0.2) is 65.4 Å². The van der Waals surface area contributed by atoms with E-state index in [2.05, 4.69) is 78.4 Å². The number of hydrogen-bond donors (Lipinski definition) is 0. The first kappa shape index (κ1) is 15.1. The third-order valence-corrected chi connectivity index (χ3v) is 6.94. The topological polar surface area (TPSA) is 0 Å². The summed E-state index contributed by atoms with van der Waals surface area (Å²) in [6.07, 6.45) is 3.53. The Bertz CT molecular complexity index is 1070. The van der Waals surface area contributed by atoms with Crippen LogP contribution in [0.4, 0.5) is 0 Å². The lowest BCUT2D eigenvalue weighted by Gasteiger charge is -2.23. The highest BCUT2D eigenvalue weighted by molar-refractivity contribution is 7.13. The maximum atomic E-state index is 2.41. The number of allylic oxidation sites excluding steroid dienone is 1. The molecule has 2 heteroatoms. The van der Waals surface area contributed by atoms with Crippen LogP contribution in [0.25, 0.3) is 32.9 Å². The van der Waals surface area contributed by atoms with E-state index in [0.717, 1.165) is 6.42 Å². The summed E-state index contributed by atoms with van der Waals surface area (Å²) < 4.78 is 0. The first-order chi connectivity index (χ1) is 12.3. The molecular formula is C23H18S2. The predicted octanol–water partition coefficient (Wildman–Crippen LogP) is 7.68. The van der Waals surface area contributed by atoms with Gasteiger partial charge in [0.05, 0.1) is 0 Å². The summed E-state index contributed by atoms with van der Waals surface area (Å²) in [5, 5.41) is 6.99. The minimum absolute atomic E-state index is 0.562. The van der Waals surface area contributed by atoms with Crippen LogP contribution in [0, 0.1) is 0 Å². The lowest BCUT2D eigenvalue weighted by Crippen LogP contribution is -2.03. The van der Waals surface area contributed by atoms with Crippen LogP contribution in [0.3, 0.4) is 0 Å². The van der Waals surface area contributed by atoms with Gasteiger partial charge in [-0.25, -0.2) is 0 Å². The second kappa shape index (κ2) is 5.98. The number of benzene rings is 2. The van der Waals surface area contributed by atoms with Gasteiger partial charge in [-0.2, -0.15) is 0 Å². The number of rotatable bonds is 2. The molecular weight excluding hydrogens is 340 g/mol. The quantitative estimate of drug-likeness (QED) is 0.345. The SMILES string of the molecule is CC1CC(c2cccs2)=Cc2cc3ccc(-c4cccs4)cc3cc21. The van der Waals surface area contributed by atoms with Crippen molar-refractivity contribution in [2.45, 2.75) is 19.3 Å². The summed E-state index contributed by atoms with van der Waals surface area (Å²) in [5.41, 5.74) is 5.67. The van der Waals surface area contributed by atoms with Gasteiger partial charge in [0.15, 0.2) is 0 Å². The summed E-state index contributed by atoms with van der Waals surface area (Å²) in [7, 11) is 0. The summed E-state index contributed by atoms with van der Waals surface area (Å²) in [6, 6.07) is 20.3. The van der Waals surface area contributed by atoms with Crippen LogP contribution in [-0.4, -0.2) is 0 Å². The molecule has 1 atom stereocenters. The smallest absolute Gasteiger partial charge is 0.0342 e. The molecule has 2 aromatic carbocycles. The molecule has 2 heterocycles. The van der Waals surface area contributed by atoms with Crippen LogP contribution >= 0.6 is 22.7 Å². The van der Waals surface area contributed by atoms with Gasteiger partial charge in [-0.3, -0.25) is 0 Å². The maximum absolute atomic E-state index is 2.41. The van der Waals surface area contributed by atoms with Crippen LogP contribution in [0.2, 0.25) is 0 Å².